The predicted octanol–water partition coefficient (Wildman–Crippen LogP) is 7.86. The maximum Gasteiger partial charge on any atom is 0.333 e. The van der Waals surface area contributed by atoms with E-state index in [4.69, 9.17) is 11.7 Å². The molecule has 1 aliphatic heterocycles. The molecule has 0 aromatic heterocycles. The van der Waals surface area contributed by atoms with Gasteiger partial charge in [0.15, 0.2) is 0 Å². The summed E-state index contributed by atoms with van der Waals surface area (Å²) in [5.74, 6) is -1.33. The second-order valence-corrected chi connectivity index (χ2v) is 9.30. The number of aryl methyl sites for hydroxylation is 2. The number of hydrogen-bond donors (Lipinski definition) is 1. The topological polar surface area (TPSA) is 68.7 Å². The average molecular weight is 482 g/mol. The second kappa shape index (κ2) is 13.9. The molecule has 0 amide bonds. The molecule has 0 saturated carbocycles. The summed E-state index contributed by atoms with van der Waals surface area (Å²) in [6, 6.07) is 16.8. The number of allylic oxidation sites excluding steroid dienone is 2. The lowest BCUT2D eigenvalue weighted by atomic mass is 10.0. The van der Waals surface area contributed by atoms with Gasteiger partial charge in [0.2, 0.25) is 0 Å². The van der Waals surface area contributed by atoms with Gasteiger partial charge in [0.25, 0.3) is 5.70 Å². The summed E-state index contributed by atoms with van der Waals surface area (Å²) >= 11 is 0. The summed E-state index contributed by atoms with van der Waals surface area (Å²) in [6.07, 6.45) is 14.9. The first kappa shape index (κ1) is 26.8. The Morgan fingerprint density at radius 2 is 1.69 bits per heavy atom. The molecule has 5 nitrogen and oxygen atoms in total. The lowest BCUT2D eigenvalue weighted by Crippen LogP contribution is -2.19. The Kier molecular flexibility index (Phi) is 10.3. The molecule has 0 aliphatic carbocycles. The van der Waals surface area contributed by atoms with Crippen molar-refractivity contribution in [3.05, 3.63) is 87.9 Å². The molecule has 0 fully saturated rings. The van der Waals surface area contributed by atoms with Crippen molar-refractivity contribution in [3.63, 3.8) is 0 Å². The number of carboxylic acid groups (broad SMARTS) is 1. The molecule has 3 rings (SSSR count). The van der Waals surface area contributed by atoms with E-state index >= 15 is 0 Å². The Morgan fingerprint density at radius 3 is 2.39 bits per heavy atom. The van der Waals surface area contributed by atoms with E-state index in [0.717, 1.165) is 37.4 Å². The van der Waals surface area contributed by atoms with Crippen LogP contribution in [0.3, 0.4) is 0 Å². The SMILES string of the molecule is [C-]#[N+]/C(=C/C(C#N)=C\c1ccc2c(c1)CCc1ccccc1N2CCCCCCCCCC)C(=O)O. The molecule has 186 valence electrons. The average Bonchev–Trinajstić information content (AvgIpc) is 3.04. The molecule has 1 heterocycles. The Bertz CT molecular complexity index is 1200. The van der Waals surface area contributed by atoms with E-state index in [1.54, 1.807) is 6.08 Å². The first-order valence-electron chi connectivity index (χ1n) is 13.0. The van der Waals surface area contributed by atoms with Crippen molar-refractivity contribution in [1.29, 1.82) is 5.26 Å². The third-order valence-corrected chi connectivity index (χ3v) is 6.66. The minimum Gasteiger partial charge on any atom is -0.486 e. The van der Waals surface area contributed by atoms with Crippen molar-refractivity contribution >= 4 is 23.4 Å². The van der Waals surface area contributed by atoms with Crippen LogP contribution >= 0.6 is 0 Å². The Balaban J connectivity index is 1.81. The summed E-state index contributed by atoms with van der Waals surface area (Å²) < 4.78 is 0. The number of anilines is 2. The number of carboxylic acids is 1. The number of nitrogens with zero attached hydrogens (tertiary/aromatic N) is 3. The van der Waals surface area contributed by atoms with Gasteiger partial charge in [-0.1, -0.05) is 76.1 Å². The van der Waals surface area contributed by atoms with Gasteiger partial charge in [0.1, 0.15) is 0 Å². The van der Waals surface area contributed by atoms with Crippen molar-refractivity contribution in [3.8, 4) is 6.07 Å². The highest BCUT2D eigenvalue weighted by Crippen LogP contribution is 2.37. The molecule has 2 aromatic rings. The Morgan fingerprint density at radius 1 is 1.03 bits per heavy atom. The zero-order valence-electron chi connectivity index (χ0n) is 21.2. The molecule has 1 N–H and O–H groups in total. The molecular formula is C31H35N3O2. The van der Waals surface area contributed by atoms with Crippen LogP contribution in [0.2, 0.25) is 0 Å². The zero-order chi connectivity index (χ0) is 25.8. The number of nitriles is 1. The number of para-hydroxylation sites is 1. The van der Waals surface area contributed by atoms with Gasteiger partial charge in [-0.15, -0.1) is 0 Å². The molecule has 0 atom stereocenters. The van der Waals surface area contributed by atoms with E-state index in [9.17, 15) is 10.1 Å². The van der Waals surface area contributed by atoms with Gasteiger partial charge >= 0.3 is 5.97 Å². The van der Waals surface area contributed by atoms with Gasteiger partial charge in [0.05, 0.1) is 12.6 Å². The monoisotopic (exact) mass is 481 g/mol. The summed E-state index contributed by atoms with van der Waals surface area (Å²) in [4.78, 5) is 16.6. The highest BCUT2D eigenvalue weighted by Gasteiger charge is 2.20. The Hall–Kier alpha value is -3.83. The van der Waals surface area contributed by atoms with Crippen LogP contribution in [0.1, 0.15) is 75.0 Å². The van der Waals surface area contributed by atoms with Crippen LogP contribution in [-0.4, -0.2) is 17.6 Å². The number of benzene rings is 2. The molecule has 36 heavy (non-hydrogen) atoms. The van der Waals surface area contributed by atoms with Crippen LogP contribution in [0.4, 0.5) is 11.4 Å². The van der Waals surface area contributed by atoms with Gasteiger partial charge < -0.3 is 10.0 Å². The highest BCUT2D eigenvalue weighted by atomic mass is 16.4. The largest absolute Gasteiger partial charge is 0.486 e. The molecule has 0 bridgehead atoms. The predicted molar refractivity (Wildman–Crippen MR) is 146 cm³/mol. The fourth-order valence-electron chi connectivity index (χ4n) is 4.76. The number of carbonyl (C=O) groups is 1. The van der Waals surface area contributed by atoms with Crippen LogP contribution in [0.5, 0.6) is 0 Å². The van der Waals surface area contributed by atoms with Crippen LogP contribution in [0, 0.1) is 17.9 Å². The van der Waals surface area contributed by atoms with Crippen molar-refractivity contribution in [2.24, 2.45) is 0 Å². The quantitative estimate of drug-likeness (QED) is 0.110. The number of unbranched alkanes of at least 4 members (excludes halogenated alkanes) is 7. The number of fused-ring (bicyclic) bond motifs is 2. The van der Waals surface area contributed by atoms with Gasteiger partial charge in [-0.25, -0.2) is 4.85 Å². The lowest BCUT2D eigenvalue weighted by molar-refractivity contribution is -0.132. The molecule has 0 radical (unpaired) electrons. The number of rotatable bonds is 12. The molecule has 0 spiro atoms. The van der Waals surface area contributed by atoms with E-state index in [2.05, 4.69) is 53.1 Å². The fourth-order valence-corrected chi connectivity index (χ4v) is 4.76. The lowest BCUT2D eigenvalue weighted by Gasteiger charge is -2.27. The normalized spacial score (nSPS) is 13.2. The van der Waals surface area contributed by atoms with Crippen LogP contribution in [0.25, 0.3) is 10.9 Å². The van der Waals surface area contributed by atoms with E-state index in [-0.39, 0.29) is 5.57 Å². The summed E-state index contributed by atoms with van der Waals surface area (Å²) in [7, 11) is 0. The first-order valence-corrected chi connectivity index (χ1v) is 13.0. The summed E-state index contributed by atoms with van der Waals surface area (Å²) in [5, 5.41) is 18.6. The molecular weight excluding hydrogens is 446 g/mol. The number of hydrogen-bond acceptors (Lipinski definition) is 3. The second-order valence-electron chi connectivity index (χ2n) is 9.30. The van der Waals surface area contributed by atoms with Crippen LogP contribution in [0.15, 0.2) is 59.8 Å². The highest BCUT2D eigenvalue weighted by molar-refractivity contribution is 5.90. The summed E-state index contributed by atoms with van der Waals surface area (Å²) in [6.45, 7) is 10.2. The standard InChI is InChI=1S/C31H35N3O2/c1-3-4-5-6-7-8-9-12-19-34-29-14-11-10-13-26(29)16-17-27-21-24(15-18-30(27)34)20-25(23-32)22-28(33-2)31(35)36/h10-11,13-15,18,20-22H,3-9,12,16-17,19H2,1H3,(H,35,36)/b25-20+,28-22+. The van der Waals surface area contributed by atoms with E-state index < -0.39 is 11.7 Å². The Labute approximate surface area is 215 Å². The van der Waals surface area contributed by atoms with E-state index in [1.165, 1.54) is 67.4 Å². The maximum absolute atomic E-state index is 11.2. The smallest absolute Gasteiger partial charge is 0.333 e. The molecule has 5 heteroatoms. The van der Waals surface area contributed by atoms with Gasteiger partial charge in [-0.2, -0.15) is 5.26 Å². The van der Waals surface area contributed by atoms with Crippen LogP contribution in [-0.2, 0) is 17.6 Å². The van der Waals surface area contributed by atoms with Gasteiger partial charge in [0, 0.05) is 23.5 Å². The van der Waals surface area contributed by atoms with E-state index in [0.29, 0.717) is 0 Å². The van der Waals surface area contributed by atoms with Gasteiger partial charge in [-0.05, 0) is 66.3 Å². The fraction of sp³-hybridized carbons (Fsp3) is 0.387. The third-order valence-electron chi connectivity index (χ3n) is 6.66. The van der Waals surface area contributed by atoms with Crippen molar-refractivity contribution in [1.82, 2.24) is 0 Å². The van der Waals surface area contributed by atoms with Crippen LogP contribution < -0.4 is 4.90 Å². The van der Waals surface area contributed by atoms with E-state index in [1.807, 2.05) is 12.1 Å². The maximum atomic E-state index is 11.2. The minimum atomic E-state index is -1.33. The summed E-state index contributed by atoms with van der Waals surface area (Å²) in [5.41, 5.74) is 5.53. The molecule has 0 unspecified atom stereocenters. The third kappa shape index (κ3) is 7.33. The first-order chi connectivity index (χ1) is 17.6. The van der Waals surface area contributed by atoms with Crippen molar-refractivity contribution in [2.45, 2.75) is 71.1 Å². The minimum absolute atomic E-state index is 0.149. The van der Waals surface area contributed by atoms with Gasteiger partial charge in [-0.3, -0.25) is 4.79 Å². The zero-order valence-corrected chi connectivity index (χ0v) is 21.2. The number of aliphatic carboxylic acids is 1. The van der Waals surface area contributed by atoms with Crippen molar-refractivity contribution in [2.75, 3.05) is 11.4 Å². The molecule has 2 aromatic carbocycles. The van der Waals surface area contributed by atoms with Crippen molar-refractivity contribution < 1.29 is 9.90 Å². The molecule has 0 saturated heterocycles. The molecule has 1 aliphatic rings.